The van der Waals surface area contributed by atoms with Crippen LogP contribution in [0.25, 0.3) is 5.65 Å². The van der Waals surface area contributed by atoms with E-state index >= 15 is 0 Å². The quantitative estimate of drug-likeness (QED) is 0.741. The average molecular weight is 222 g/mol. The standard InChI is InChI=1S/C11H12ClN3/c1-6-5-9(12)7(2)15-11(6)13-10(14-15)8-3-4-8/h5,8H,3-4H2,1-2H3. The van der Waals surface area contributed by atoms with Gasteiger partial charge in [-0.1, -0.05) is 11.6 Å². The van der Waals surface area contributed by atoms with E-state index in [0.717, 1.165) is 27.8 Å². The molecule has 0 unspecified atom stereocenters. The van der Waals surface area contributed by atoms with Gasteiger partial charge in [0.05, 0.1) is 10.7 Å². The Hall–Kier alpha value is -1.09. The Morgan fingerprint density at radius 1 is 1.40 bits per heavy atom. The molecule has 0 radical (unpaired) electrons. The molecule has 1 fully saturated rings. The van der Waals surface area contributed by atoms with Crippen LogP contribution in [0.3, 0.4) is 0 Å². The minimum absolute atomic E-state index is 0.586. The monoisotopic (exact) mass is 221 g/mol. The lowest BCUT2D eigenvalue weighted by atomic mass is 10.2. The summed E-state index contributed by atoms with van der Waals surface area (Å²) in [6.07, 6.45) is 2.45. The van der Waals surface area contributed by atoms with E-state index in [1.165, 1.54) is 12.8 Å². The van der Waals surface area contributed by atoms with Gasteiger partial charge in [0.1, 0.15) is 0 Å². The predicted molar refractivity (Wildman–Crippen MR) is 59.4 cm³/mol. The van der Waals surface area contributed by atoms with Crippen molar-refractivity contribution in [2.24, 2.45) is 0 Å². The van der Waals surface area contributed by atoms with Crippen molar-refractivity contribution in [1.29, 1.82) is 0 Å². The highest BCUT2D eigenvalue weighted by molar-refractivity contribution is 6.31. The molecule has 78 valence electrons. The van der Waals surface area contributed by atoms with E-state index in [1.54, 1.807) is 0 Å². The zero-order valence-electron chi connectivity index (χ0n) is 8.79. The van der Waals surface area contributed by atoms with Crippen molar-refractivity contribution in [2.45, 2.75) is 32.6 Å². The van der Waals surface area contributed by atoms with E-state index in [9.17, 15) is 0 Å². The smallest absolute Gasteiger partial charge is 0.158 e. The van der Waals surface area contributed by atoms with Crippen LogP contribution in [0, 0.1) is 13.8 Å². The Morgan fingerprint density at radius 2 is 2.13 bits per heavy atom. The number of hydrogen-bond acceptors (Lipinski definition) is 2. The van der Waals surface area contributed by atoms with E-state index in [0.29, 0.717) is 5.92 Å². The van der Waals surface area contributed by atoms with Gasteiger partial charge in [0.2, 0.25) is 0 Å². The third-order valence-corrected chi connectivity index (χ3v) is 3.31. The van der Waals surface area contributed by atoms with Crippen LogP contribution in [-0.2, 0) is 0 Å². The van der Waals surface area contributed by atoms with Crippen LogP contribution < -0.4 is 0 Å². The second-order valence-corrected chi connectivity index (χ2v) is 4.65. The summed E-state index contributed by atoms with van der Waals surface area (Å²) < 4.78 is 1.87. The highest BCUT2D eigenvalue weighted by atomic mass is 35.5. The van der Waals surface area contributed by atoms with Gasteiger partial charge in [-0.25, -0.2) is 9.50 Å². The largest absolute Gasteiger partial charge is 0.216 e. The summed E-state index contributed by atoms with van der Waals surface area (Å²) >= 11 is 6.11. The number of halogens is 1. The molecule has 2 aromatic heterocycles. The number of fused-ring (bicyclic) bond motifs is 1. The van der Waals surface area contributed by atoms with Crippen molar-refractivity contribution >= 4 is 17.2 Å². The van der Waals surface area contributed by atoms with Gasteiger partial charge >= 0.3 is 0 Å². The van der Waals surface area contributed by atoms with Crippen LogP contribution in [0.1, 0.15) is 35.8 Å². The van der Waals surface area contributed by atoms with Gasteiger partial charge in [-0.2, -0.15) is 5.10 Å². The topological polar surface area (TPSA) is 30.2 Å². The second-order valence-electron chi connectivity index (χ2n) is 4.24. The molecule has 15 heavy (non-hydrogen) atoms. The van der Waals surface area contributed by atoms with Crippen molar-refractivity contribution in [3.05, 3.63) is 28.2 Å². The van der Waals surface area contributed by atoms with Gasteiger partial charge in [-0.15, -0.1) is 0 Å². The van der Waals surface area contributed by atoms with Crippen LogP contribution >= 0.6 is 11.6 Å². The number of aromatic nitrogens is 3. The maximum Gasteiger partial charge on any atom is 0.158 e. The van der Waals surface area contributed by atoms with Crippen molar-refractivity contribution in [1.82, 2.24) is 14.6 Å². The Kier molecular flexibility index (Phi) is 1.80. The fourth-order valence-corrected chi connectivity index (χ4v) is 2.04. The molecule has 3 rings (SSSR count). The van der Waals surface area contributed by atoms with E-state index in [-0.39, 0.29) is 0 Å². The molecule has 0 bridgehead atoms. The highest BCUT2D eigenvalue weighted by Crippen LogP contribution is 2.38. The molecular weight excluding hydrogens is 210 g/mol. The summed E-state index contributed by atoms with van der Waals surface area (Å²) in [6.45, 7) is 3.99. The lowest BCUT2D eigenvalue weighted by Gasteiger charge is -2.02. The normalized spacial score (nSPS) is 16.2. The maximum atomic E-state index is 6.11. The van der Waals surface area contributed by atoms with Gasteiger partial charge in [-0.3, -0.25) is 0 Å². The number of hydrogen-bond donors (Lipinski definition) is 0. The maximum absolute atomic E-state index is 6.11. The number of aryl methyl sites for hydroxylation is 2. The molecule has 0 amide bonds. The Labute approximate surface area is 93.1 Å². The molecule has 1 aliphatic rings. The zero-order chi connectivity index (χ0) is 10.6. The molecule has 0 saturated heterocycles. The molecule has 0 N–H and O–H groups in total. The van der Waals surface area contributed by atoms with Crippen molar-refractivity contribution in [3.8, 4) is 0 Å². The average Bonchev–Trinajstić information content (AvgIpc) is 2.94. The van der Waals surface area contributed by atoms with Gasteiger partial charge in [0, 0.05) is 5.92 Å². The third-order valence-electron chi connectivity index (χ3n) is 2.93. The zero-order valence-corrected chi connectivity index (χ0v) is 9.54. The van der Waals surface area contributed by atoms with Gasteiger partial charge in [0.15, 0.2) is 11.5 Å². The molecule has 2 heterocycles. The summed E-state index contributed by atoms with van der Waals surface area (Å²) in [4.78, 5) is 4.57. The van der Waals surface area contributed by atoms with Crippen LogP contribution in [0.5, 0.6) is 0 Å². The molecule has 2 aromatic rings. The van der Waals surface area contributed by atoms with Crippen LogP contribution in [0.2, 0.25) is 5.02 Å². The first-order valence-corrected chi connectivity index (χ1v) is 5.57. The first-order chi connectivity index (χ1) is 7.16. The number of pyridine rings is 1. The predicted octanol–water partition coefficient (Wildman–Crippen LogP) is 2.88. The molecule has 1 saturated carbocycles. The molecule has 0 atom stereocenters. The summed E-state index contributed by atoms with van der Waals surface area (Å²) in [6, 6.07) is 1.96. The van der Waals surface area contributed by atoms with E-state index in [2.05, 4.69) is 10.1 Å². The summed E-state index contributed by atoms with van der Waals surface area (Å²) in [7, 11) is 0. The SMILES string of the molecule is Cc1cc(Cl)c(C)n2nc(C3CC3)nc12. The van der Waals surface area contributed by atoms with Crippen molar-refractivity contribution in [3.63, 3.8) is 0 Å². The fourth-order valence-electron chi connectivity index (χ4n) is 1.79. The van der Waals surface area contributed by atoms with Gasteiger partial charge in [-0.05, 0) is 38.3 Å². The van der Waals surface area contributed by atoms with Crippen molar-refractivity contribution in [2.75, 3.05) is 0 Å². The number of rotatable bonds is 1. The summed E-state index contributed by atoms with van der Waals surface area (Å²) in [5, 5.41) is 5.27. The van der Waals surface area contributed by atoms with Crippen LogP contribution in [0.4, 0.5) is 0 Å². The Balaban J connectivity index is 2.32. The van der Waals surface area contributed by atoms with Gasteiger partial charge in [0.25, 0.3) is 0 Å². The fraction of sp³-hybridized carbons (Fsp3) is 0.455. The Morgan fingerprint density at radius 3 is 2.80 bits per heavy atom. The minimum atomic E-state index is 0.586. The molecule has 0 aliphatic heterocycles. The van der Waals surface area contributed by atoms with E-state index < -0.39 is 0 Å². The molecule has 1 aliphatic carbocycles. The molecular formula is C11H12ClN3. The second kappa shape index (κ2) is 2.95. The lowest BCUT2D eigenvalue weighted by Crippen LogP contribution is -1.96. The van der Waals surface area contributed by atoms with Gasteiger partial charge < -0.3 is 0 Å². The molecule has 0 spiro atoms. The first-order valence-electron chi connectivity index (χ1n) is 5.19. The highest BCUT2D eigenvalue weighted by Gasteiger charge is 2.28. The summed E-state index contributed by atoms with van der Waals surface area (Å²) in [5.74, 6) is 1.56. The Bertz CT molecular complexity index is 540. The van der Waals surface area contributed by atoms with Crippen molar-refractivity contribution < 1.29 is 0 Å². The van der Waals surface area contributed by atoms with E-state index in [4.69, 9.17) is 11.6 Å². The third kappa shape index (κ3) is 1.34. The number of nitrogens with zero attached hydrogens (tertiary/aromatic N) is 3. The molecule has 4 heteroatoms. The van der Waals surface area contributed by atoms with E-state index in [1.807, 2.05) is 24.4 Å². The molecule has 3 nitrogen and oxygen atoms in total. The lowest BCUT2D eigenvalue weighted by molar-refractivity contribution is 0.853. The molecule has 0 aromatic carbocycles. The van der Waals surface area contributed by atoms with Crippen LogP contribution in [-0.4, -0.2) is 14.6 Å². The van der Waals surface area contributed by atoms with Crippen LogP contribution in [0.15, 0.2) is 6.07 Å². The minimum Gasteiger partial charge on any atom is -0.216 e. The summed E-state index contributed by atoms with van der Waals surface area (Å²) in [5.41, 5.74) is 3.00. The first kappa shape index (κ1) is 9.16.